The summed E-state index contributed by atoms with van der Waals surface area (Å²) in [7, 11) is 0. The number of aryl methyl sites for hydroxylation is 1. The van der Waals surface area contributed by atoms with Crippen LogP contribution < -0.4 is 5.32 Å². The number of aromatic nitrogens is 1. The predicted molar refractivity (Wildman–Crippen MR) is 66.5 cm³/mol. The van der Waals surface area contributed by atoms with Crippen LogP contribution >= 0.6 is 0 Å². The lowest BCUT2D eigenvalue weighted by atomic mass is 10.3. The van der Waals surface area contributed by atoms with Crippen molar-refractivity contribution >= 4 is 5.97 Å². The first-order valence-corrected chi connectivity index (χ1v) is 6.54. The molecule has 1 aromatic heterocycles. The molecule has 5 heteroatoms. The largest absolute Gasteiger partial charge is 0.461 e. The number of nitrogens with zero attached hydrogens (tertiary/aromatic N) is 1. The SMILES string of the molecule is CCOC(=O)c1nc(CCNCC2CC2)oc1C. The highest BCUT2D eigenvalue weighted by Crippen LogP contribution is 2.27. The van der Waals surface area contributed by atoms with Crippen molar-refractivity contribution in [1.29, 1.82) is 0 Å². The molecule has 0 aliphatic heterocycles. The summed E-state index contributed by atoms with van der Waals surface area (Å²) in [6, 6.07) is 0. The molecule has 1 N–H and O–H groups in total. The number of oxazole rings is 1. The van der Waals surface area contributed by atoms with Gasteiger partial charge in [0, 0.05) is 13.0 Å². The Morgan fingerprint density at radius 1 is 1.56 bits per heavy atom. The number of ether oxygens (including phenoxy) is 1. The third kappa shape index (κ3) is 3.57. The number of hydrogen-bond acceptors (Lipinski definition) is 5. The molecule has 18 heavy (non-hydrogen) atoms. The first-order valence-electron chi connectivity index (χ1n) is 6.54. The van der Waals surface area contributed by atoms with E-state index in [2.05, 4.69) is 10.3 Å². The van der Waals surface area contributed by atoms with E-state index in [1.807, 2.05) is 0 Å². The number of nitrogens with one attached hydrogen (secondary N) is 1. The predicted octanol–water partition coefficient (Wildman–Crippen LogP) is 1.70. The molecule has 1 aromatic rings. The minimum Gasteiger partial charge on any atom is -0.461 e. The van der Waals surface area contributed by atoms with Gasteiger partial charge >= 0.3 is 5.97 Å². The summed E-state index contributed by atoms with van der Waals surface area (Å²) >= 11 is 0. The molecule has 1 fully saturated rings. The smallest absolute Gasteiger partial charge is 0.360 e. The van der Waals surface area contributed by atoms with Crippen molar-refractivity contribution in [2.75, 3.05) is 19.7 Å². The molecule has 0 saturated heterocycles. The molecule has 5 nitrogen and oxygen atoms in total. The lowest BCUT2D eigenvalue weighted by Crippen LogP contribution is -2.19. The number of esters is 1. The van der Waals surface area contributed by atoms with Crippen LogP contribution in [-0.2, 0) is 11.2 Å². The zero-order valence-electron chi connectivity index (χ0n) is 11.0. The Labute approximate surface area is 107 Å². The molecule has 0 unspecified atom stereocenters. The highest BCUT2D eigenvalue weighted by molar-refractivity contribution is 5.88. The maximum Gasteiger partial charge on any atom is 0.360 e. The third-order valence-electron chi connectivity index (χ3n) is 2.96. The van der Waals surface area contributed by atoms with Gasteiger partial charge in [0.2, 0.25) is 0 Å². The Hall–Kier alpha value is -1.36. The number of carbonyl (C=O) groups excluding carboxylic acids is 1. The highest BCUT2D eigenvalue weighted by Gasteiger charge is 2.21. The Bertz CT molecular complexity index is 410. The Kier molecular flexibility index (Phi) is 4.36. The summed E-state index contributed by atoms with van der Waals surface area (Å²) in [6.07, 6.45) is 3.39. The molecule has 1 saturated carbocycles. The summed E-state index contributed by atoms with van der Waals surface area (Å²) in [5.74, 6) is 1.59. The maximum atomic E-state index is 11.5. The van der Waals surface area contributed by atoms with E-state index in [0.29, 0.717) is 30.4 Å². The van der Waals surface area contributed by atoms with Crippen LogP contribution in [0, 0.1) is 12.8 Å². The van der Waals surface area contributed by atoms with Gasteiger partial charge in [0.15, 0.2) is 11.6 Å². The Morgan fingerprint density at radius 2 is 2.33 bits per heavy atom. The van der Waals surface area contributed by atoms with Crippen molar-refractivity contribution < 1.29 is 13.9 Å². The second kappa shape index (κ2) is 6.00. The van der Waals surface area contributed by atoms with Crippen molar-refractivity contribution in [2.45, 2.75) is 33.1 Å². The summed E-state index contributed by atoms with van der Waals surface area (Å²) in [5, 5.41) is 3.36. The monoisotopic (exact) mass is 252 g/mol. The Morgan fingerprint density at radius 3 is 3.00 bits per heavy atom. The van der Waals surface area contributed by atoms with Crippen LogP contribution in [0.25, 0.3) is 0 Å². The van der Waals surface area contributed by atoms with E-state index in [-0.39, 0.29) is 0 Å². The average molecular weight is 252 g/mol. The molecule has 0 aromatic carbocycles. The van der Waals surface area contributed by atoms with Crippen molar-refractivity contribution in [3.63, 3.8) is 0 Å². The average Bonchev–Trinajstić information content (AvgIpc) is 3.08. The van der Waals surface area contributed by atoms with Crippen LogP contribution in [0.15, 0.2) is 4.42 Å². The first kappa shape index (κ1) is 13.1. The van der Waals surface area contributed by atoms with E-state index >= 15 is 0 Å². The lowest BCUT2D eigenvalue weighted by molar-refractivity contribution is 0.0518. The van der Waals surface area contributed by atoms with E-state index < -0.39 is 5.97 Å². The molecule has 0 bridgehead atoms. The standard InChI is InChI=1S/C13H20N2O3/c1-3-17-13(16)12-9(2)18-11(15-12)6-7-14-8-10-4-5-10/h10,14H,3-8H2,1-2H3. The van der Waals surface area contributed by atoms with Gasteiger partial charge in [-0.1, -0.05) is 0 Å². The van der Waals surface area contributed by atoms with Gasteiger partial charge in [0.05, 0.1) is 6.61 Å². The maximum absolute atomic E-state index is 11.5. The highest BCUT2D eigenvalue weighted by atomic mass is 16.5. The van der Waals surface area contributed by atoms with Crippen LogP contribution in [0.2, 0.25) is 0 Å². The van der Waals surface area contributed by atoms with E-state index in [1.54, 1.807) is 13.8 Å². The molecule has 1 aliphatic carbocycles. The van der Waals surface area contributed by atoms with Gasteiger partial charge in [0.1, 0.15) is 5.76 Å². The van der Waals surface area contributed by atoms with Crippen LogP contribution in [-0.4, -0.2) is 30.6 Å². The molecule has 2 rings (SSSR count). The van der Waals surface area contributed by atoms with Crippen molar-refractivity contribution in [1.82, 2.24) is 10.3 Å². The van der Waals surface area contributed by atoms with Gasteiger partial charge in [-0.15, -0.1) is 0 Å². The first-order chi connectivity index (χ1) is 8.70. The molecule has 0 spiro atoms. The fraction of sp³-hybridized carbons (Fsp3) is 0.692. The normalized spacial score (nSPS) is 14.8. The van der Waals surface area contributed by atoms with Gasteiger partial charge in [-0.25, -0.2) is 9.78 Å². The van der Waals surface area contributed by atoms with Crippen LogP contribution in [0.5, 0.6) is 0 Å². The van der Waals surface area contributed by atoms with Crippen LogP contribution in [0.3, 0.4) is 0 Å². The van der Waals surface area contributed by atoms with E-state index in [1.165, 1.54) is 12.8 Å². The summed E-state index contributed by atoms with van der Waals surface area (Å²) in [6.45, 7) is 5.77. The minimum absolute atomic E-state index is 0.300. The van der Waals surface area contributed by atoms with Crippen molar-refractivity contribution in [3.8, 4) is 0 Å². The second-order valence-electron chi connectivity index (χ2n) is 4.63. The van der Waals surface area contributed by atoms with Gasteiger partial charge in [0.25, 0.3) is 0 Å². The summed E-state index contributed by atoms with van der Waals surface area (Å²) in [5.41, 5.74) is 0.300. The number of carbonyl (C=O) groups is 1. The molecular formula is C13H20N2O3. The van der Waals surface area contributed by atoms with Gasteiger partial charge < -0.3 is 14.5 Å². The Balaban J connectivity index is 1.81. The van der Waals surface area contributed by atoms with Gasteiger partial charge in [-0.05, 0) is 39.2 Å². The molecular weight excluding hydrogens is 232 g/mol. The molecule has 0 radical (unpaired) electrons. The lowest BCUT2D eigenvalue weighted by Gasteiger charge is -1.99. The van der Waals surface area contributed by atoms with Gasteiger partial charge in [-0.2, -0.15) is 0 Å². The molecule has 1 aliphatic rings. The zero-order chi connectivity index (χ0) is 13.0. The van der Waals surface area contributed by atoms with Crippen molar-refractivity contribution in [2.24, 2.45) is 5.92 Å². The van der Waals surface area contributed by atoms with E-state index in [0.717, 1.165) is 19.0 Å². The zero-order valence-corrected chi connectivity index (χ0v) is 11.0. The van der Waals surface area contributed by atoms with Crippen LogP contribution in [0.4, 0.5) is 0 Å². The fourth-order valence-corrected chi connectivity index (χ4v) is 1.77. The topological polar surface area (TPSA) is 64.4 Å². The number of hydrogen-bond donors (Lipinski definition) is 1. The molecule has 100 valence electrons. The third-order valence-corrected chi connectivity index (χ3v) is 2.96. The van der Waals surface area contributed by atoms with Crippen molar-refractivity contribution in [3.05, 3.63) is 17.3 Å². The molecule has 1 heterocycles. The second-order valence-corrected chi connectivity index (χ2v) is 4.63. The quantitative estimate of drug-likeness (QED) is 0.591. The fourth-order valence-electron chi connectivity index (χ4n) is 1.77. The molecule has 0 atom stereocenters. The summed E-state index contributed by atoms with van der Waals surface area (Å²) < 4.78 is 10.4. The van der Waals surface area contributed by atoms with Crippen LogP contribution in [0.1, 0.15) is 41.9 Å². The number of rotatable bonds is 7. The molecule has 0 amide bonds. The van der Waals surface area contributed by atoms with E-state index in [4.69, 9.17) is 9.15 Å². The summed E-state index contributed by atoms with van der Waals surface area (Å²) in [4.78, 5) is 15.7. The van der Waals surface area contributed by atoms with Gasteiger partial charge in [-0.3, -0.25) is 0 Å². The minimum atomic E-state index is -0.407. The van der Waals surface area contributed by atoms with E-state index in [9.17, 15) is 4.79 Å².